The van der Waals surface area contributed by atoms with Crippen LogP contribution in [0.4, 0.5) is 11.4 Å². The Hall–Kier alpha value is -4.92. The van der Waals surface area contributed by atoms with Crippen LogP contribution in [-0.4, -0.2) is 40.8 Å². The zero-order chi connectivity index (χ0) is 26.4. The van der Waals surface area contributed by atoms with Crippen molar-refractivity contribution in [2.45, 2.75) is 20.0 Å². The van der Waals surface area contributed by atoms with E-state index in [-0.39, 0.29) is 11.5 Å². The van der Waals surface area contributed by atoms with Gasteiger partial charge in [0.1, 0.15) is 17.0 Å². The molecule has 2 amide bonds. The number of carbonyl (C=O) groups excluding carboxylic acids is 3. The molecule has 0 saturated heterocycles. The lowest BCUT2D eigenvalue weighted by molar-refractivity contribution is -0.123. The average molecular weight is 499 g/mol. The van der Waals surface area contributed by atoms with E-state index in [2.05, 4.69) is 15.7 Å². The number of para-hydroxylation sites is 1. The maximum Gasteiger partial charge on any atom is 0.342 e. The number of anilines is 2. The lowest BCUT2D eigenvalue weighted by Gasteiger charge is -2.14. The normalized spacial score (nSPS) is 11.3. The van der Waals surface area contributed by atoms with Crippen LogP contribution >= 0.6 is 0 Å². The molecular weight excluding hydrogens is 472 g/mol. The Kier molecular flexibility index (Phi) is 7.63. The highest BCUT2D eigenvalue weighted by Crippen LogP contribution is 2.27. The van der Waals surface area contributed by atoms with E-state index in [1.165, 1.54) is 13.8 Å². The van der Waals surface area contributed by atoms with E-state index >= 15 is 0 Å². The van der Waals surface area contributed by atoms with E-state index in [9.17, 15) is 14.4 Å². The quantitative estimate of drug-likeness (QED) is 0.341. The highest BCUT2D eigenvalue weighted by molar-refractivity contribution is 6.00. The molecule has 1 aromatic heterocycles. The molecule has 4 rings (SSSR count). The first-order valence-electron chi connectivity index (χ1n) is 11.5. The first-order chi connectivity index (χ1) is 17.8. The number of amides is 2. The van der Waals surface area contributed by atoms with Gasteiger partial charge in [0.05, 0.1) is 12.8 Å². The van der Waals surface area contributed by atoms with Crippen molar-refractivity contribution >= 4 is 29.2 Å². The minimum atomic E-state index is -1.08. The van der Waals surface area contributed by atoms with Gasteiger partial charge in [-0.15, -0.1) is 0 Å². The number of rotatable bonds is 8. The summed E-state index contributed by atoms with van der Waals surface area (Å²) in [6.45, 7) is 2.91. The van der Waals surface area contributed by atoms with Gasteiger partial charge >= 0.3 is 5.97 Å². The van der Waals surface area contributed by atoms with Gasteiger partial charge in [-0.05, 0) is 67.6 Å². The average Bonchev–Trinajstić information content (AvgIpc) is 3.36. The van der Waals surface area contributed by atoms with Gasteiger partial charge in [-0.1, -0.05) is 18.2 Å². The summed E-state index contributed by atoms with van der Waals surface area (Å²) in [5, 5.41) is 9.98. The van der Waals surface area contributed by atoms with Crippen LogP contribution in [0.1, 0.15) is 24.2 Å². The third-order valence-corrected chi connectivity index (χ3v) is 5.44. The number of methoxy groups -OCH3 is 1. The first-order valence-corrected chi connectivity index (χ1v) is 11.5. The van der Waals surface area contributed by atoms with Gasteiger partial charge in [0.15, 0.2) is 6.10 Å². The molecule has 2 N–H and O–H groups in total. The Morgan fingerprint density at radius 1 is 0.865 bits per heavy atom. The molecule has 0 aliphatic heterocycles. The van der Waals surface area contributed by atoms with E-state index in [1.807, 2.05) is 30.3 Å². The molecule has 0 bridgehead atoms. The zero-order valence-corrected chi connectivity index (χ0v) is 20.6. The summed E-state index contributed by atoms with van der Waals surface area (Å²) >= 11 is 0. The number of carbonyl (C=O) groups is 3. The van der Waals surface area contributed by atoms with Crippen molar-refractivity contribution in [3.05, 3.63) is 90.6 Å². The van der Waals surface area contributed by atoms with E-state index in [4.69, 9.17) is 9.47 Å². The summed E-state index contributed by atoms with van der Waals surface area (Å²) in [5.74, 6) is -0.702. The van der Waals surface area contributed by atoms with Gasteiger partial charge in [-0.3, -0.25) is 9.59 Å². The van der Waals surface area contributed by atoms with E-state index in [0.29, 0.717) is 28.4 Å². The van der Waals surface area contributed by atoms with E-state index in [1.54, 1.807) is 66.5 Å². The Morgan fingerprint density at radius 3 is 2.08 bits per heavy atom. The van der Waals surface area contributed by atoms with Crippen LogP contribution in [0.2, 0.25) is 0 Å². The molecule has 188 valence electrons. The maximum atomic E-state index is 13.2. The molecule has 0 radical (unpaired) electrons. The summed E-state index contributed by atoms with van der Waals surface area (Å²) in [6.07, 6.45) is 0.508. The van der Waals surface area contributed by atoms with Crippen LogP contribution in [0.25, 0.3) is 16.9 Å². The van der Waals surface area contributed by atoms with Gasteiger partial charge in [0.25, 0.3) is 5.91 Å². The van der Waals surface area contributed by atoms with E-state index in [0.717, 1.165) is 5.69 Å². The highest BCUT2D eigenvalue weighted by atomic mass is 16.5. The van der Waals surface area contributed by atoms with Crippen LogP contribution in [0, 0.1) is 0 Å². The molecule has 37 heavy (non-hydrogen) atoms. The van der Waals surface area contributed by atoms with Gasteiger partial charge in [-0.2, -0.15) is 5.10 Å². The standard InChI is InChI=1S/C28H26N4O5/c1-18(27(34)30-22-13-11-21(12-14-22)29-19(2)33)37-28(35)25-17-32(23-7-5-4-6-8-23)31-26(25)20-9-15-24(36-3)16-10-20/h4-18H,1-3H3,(H,29,33)(H,30,34)/t18-/m0/s1. The molecule has 0 saturated carbocycles. The third kappa shape index (κ3) is 6.21. The van der Waals surface area contributed by atoms with Crippen LogP contribution < -0.4 is 15.4 Å². The van der Waals surface area contributed by atoms with Crippen LogP contribution in [0.5, 0.6) is 5.75 Å². The summed E-state index contributed by atoms with van der Waals surface area (Å²) in [7, 11) is 1.58. The third-order valence-electron chi connectivity index (χ3n) is 5.44. The predicted octanol–water partition coefficient (Wildman–Crippen LogP) is 4.69. The van der Waals surface area contributed by atoms with Crippen molar-refractivity contribution in [1.82, 2.24) is 9.78 Å². The molecule has 0 fully saturated rings. The van der Waals surface area contributed by atoms with Crippen LogP contribution in [-0.2, 0) is 14.3 Å². The molecular formula is C28H26N4O5. The number of benzene rings is 3. The zero-order valence-electron chi connectivity index (χ0n) is 20.6. The summed E-state index contributed by atoms with van der Waals surface area (Å²) in [5.41, 5.74) is 3.19. The van der Waals surface area contributed by atoms with Crippen molar-refractivity contribution in [2.24, 2.45) is 0 Å². The molecule has 0 spiro atoms. The lowest BCUT2D eigenvalue weighted by Crippen LogP contribution is -2.30. The number of nitrogens with one attached hydrogen (secondary N) is 2. The van der Waals surface area contributed by atoms with Crippen molar-refractivity contribution < 1.29 is 23.9 Å². The Morgan fingerprint density at radius 2 is 1.49 bits per heavy atom. The number of hydrogen-bond donors (Lipinski definition) is 2. The summed E-state index contributed by atoms with van der Waals surface area (Å²) in [6, 6.07) is 23.1. The monoisotopic (exact) mass is 498 g/mol. The van der Waals surface area contributed by atoms with Crippen molar-refractivity contribution in [3.63, 3.8) is 0 Å². The minimum Gasteiger partial charge on any atom is -0.497 e. The molecule has 0 aliphatic carbocycles. The minimum absolute atomic E-state index is 0.193. The van der Waals surface area contributed by atoms with Gasteiger partial charge in [0, 0.05) is 30.1 Å². The highest BCUT2D eigenvalue weighted by Gasteiger charge is 2.24. The Bertz CT molecular complexity index is 1400. The first kappa shape index (κ1) is 25.2. The largest absolute Gasteiger partial charge is 0.497 e. The second kappa shape index (κ2) is 11.2. The lowest BCUT2D eigenvalue weighted by atomic mass is 10.1. The number of ether oxygens (including phenoxy) is 2. The molecule has 0 unspecified atom stereocenters. The van der Waals surface area contributed by atoms with Gasteiger partial charge in [-0.25, -0.2) is 9.48 Å². The fourth-order valence-electron chi connectivity index (χ4n) is 3.56. The molecule has 9 nitrogen and oxygen atoms in total. The van der Waals surface area contributed by atoms with E-state index < -0.39 is 18.0 Å². The van der Waals surface area contributed by atoms with Crippen molar-refractivity contribution in [2.75, 3.05) is 17.7 Å². The smallest absolute Gasteiger partial charge is 0.342 e. The molecule has 9 heteroatoms. The SMILES string of the molecule is COc1ccc(-c2nn(-c3ccccc3)cc2C(=O)O[C@@H](C)C(=O)Nc2ccc(NC(C)=O)cc2)cc1. The topological polar surface area (TPSA) is 112 Å². The fourth-order valence-corrected chi connectivity index (χ4v) is 3.56. The number of nitrogens with zero attached hydrogens (tertiary/aromatic N) is 2. The Labute approximate surface area is 214 Å². The molecule has 1 atom stereocenters. The molecule has 1 heterocycles. The summed E-state index contributed by atoms with van der Waals surface area (Å²) in [4.78, 5) is 37.1. The number of esters is 1. The second-order valence-corrected chi connectivity index (χ2v) is 8.20. The fraction of sp³-hybridized carbons (Fsp3) is 0.143. The molecule has 0 aliphatic rings. The number of hydrogen-bond acceptors (Lipinski definition) is 6. The van der Waals surface area contributed by atoms with Crippen molar-refractivity contribution in [1.29, 1.82) is 0 Å². The maximum absolute atomic E-state index is 13.2. The van der Waals surface area contributed by atoms with Crippen molar-refractivity contribution in [3.8, 4) is 22.7 Å². The van der Waals surface area contributed by atoms with Crippen LogP contribution in [0.3, 0.4) is 0 Å². The van der Waals surface area contributed by atoms with Crippen LogP contribution in [0.15, 0.2) is 85.1 Å². The van der Waals surface area contributed by atoms with Gasteiger partial charge in [0.2, 0.25) is 5.91 Å². The summed E-state index contributed by atoms with van der Waals surface area (Å²) < 4.78 is 12.3. The number of aromatic nitrogens is 2. The second-order valence-electron chi connectivity index (χ2n) is 8.20. The molecule has 4 aromatic rings. The van der Waals surface area contributed by atoms with Gasteiger partial charge < -0.3 is 20.1 Å². The predicted molar refractivity (Wildman–Crippen MR) is 140 cm³/mol. The Balaban J connectivity index is 1.53. The molecule has 3 aromatic carbocycles.